The molecule has 0 heterocycles. The third-order valence-electron chi connectivity index (χ3n) is 2.18. The maximum atomic E-state index is 9.45. The van der Waals surface area contributed by atoms with E-state index in [1.807, 2.05) is 0 Å². The molecule has 0 saturated carbocycles. The summed E-state index contributed by atoms with van der Waals surface area (Å²) < 4.78 is 0. The normalized spacial score (nSPS) is 25.8. The van der Waals surface area contributed by atoms with E-state index in [9.17, 15) is 10.2 Å². The zero-order valence-corrected chi connectivity index (χ0v) is 7.01. The van der Waals surface area contributed by atoms with Crippen molar-refractivity contribution in [1.29, 1.82) is 0 Å². The Morgan fingerprint density at radius 1 is 1.55 bits per heavy atom. The fraction of sp³-hybridized carbons (Fsp3) is 0.778. The van der Waals surface area contributed by atoms with Gasteiger partial charge in [-0.05, 0) is 24.8 Å². The van der Waals surface area contributed by atoms with Crippen LogP contribution in [0.3, 0.4) is 0 Å². The molecule has 0 amide bonds. The third-order valence-corrected chi connectivity index (χ3v) is 2.18. The van der Waals surface area contributed by atoms with Crippen molar-refractivity contribution < 1.29 is 10.2 Å². The van der Waals surface area contributed by atoms with Gasteiger partial charge in [0.05, 0.1) is 11.9 Å². The Labute approximate surface area is 67.6 Å². The zero-order valence-electron chi connectivity index (χ0n) is 7.01. The minimum absolute atomic E-state index is 0.372. The highest BCUT2D eigenvalue weighted by Gasteiger charge is 2.19. The molecule has 0 aromatic carbocycles. The fourth-order valence-corrected chi connectivity index (χ4v) is 1.57. The van der Waals surface area contributed by atoms with Crippen molar-refractivity contribution in [1.82, 2.24) is 0 Å². The first-order valence-corrected chi connectivity index (χ1v) is 4.34. The second kappa shape index (κ2) is 3.77. The fourth-order valence-electron chi connectivity index (χ4n) is 1.57. The van der Waals surface area contributed by atoms with Crippen molar-refractivity contribution in [2.45, 2.75) is 45.1 Å². The van der Waals surface area contributed by atoms with Crippen LogP contribution in [0.2, 0.25) is 0 Å². The molecule has 1 rings (SSSR count). The Hall–Kier alpha value is -0.500. The van der Waals surface area contributed by atoms with Crippen molar-refractivity contribution >= 4 is 0 Å². The van der Waals surface area contributed by atoms with Gasteiger partial charge >= 0.3 is 0 Å². The van der Waals surface area contributed by atoms with Crippen LogP contribution in [-0.2, 0) is 0 Å². The van der Waals surface area contributed by atoms with E-state index in [0.29, 0.717) is 5.76 Å². The first-order chi connectivity index (χ1) is 5.25. The Bertz CT molecular complexity index is 161. The number of aliphatic hydroxyl groups is 2. The van der Waals surface area contributed by atoms with Crippen LogP contribution in [0.4, 0.5) is 0 Å². The quantitative estimate of drug-likeness (QED) is 0.643. The van der Waals surface area contributed by atoms with Crippen LogP contribution >= 0.6 is 0 Å². The van der Waals surface area contributed by atoms with Gasteiger partial charge in [0.25, 0.3) is 0 Å². The molecule has 2 N–H and O–H groups in total. The second-order valence-corrected chi connectivity index (χ2v) is 3.13. The summed E-state index contributed by atoms with van der Waals surface area (Å²) in [4.78, 5) is 0. The molecule has 0 saturated heterocycles. The highest BCUT2D eigenvalue weighted by atomic mass is 16.3. The predicted octanol–water partition coefficient (Wildman–Crippen LogP) is 2.14. The van der Waals surface area contributed by atoms with Gasteiger partial charge in [0.2, 0.25) is 0 Å². The van der Waals surface area contributed by atoms with E-state index in [0.717, 1.165) is 37.7 Å². The van der Waals surface area contributed by atoms with Crippen molar-refractivity contribution in [3.63, 3.8) is 0 Å². The lowest BCUT2D eigenvalue weighted by Gasteiger charge is -2.21. The molecular formula is C9H16O2. The van der Waals surface area contributed by atoms with Gasteiger partial charge in [-0.25, -0.2) is 0 Å². The maximum absolute atomic E-state index is 9.45. The summed E-state index contributed by atoms with van der Waals surface area (Å²) in [6, 6.07) is 0. The highest BCUT2D eigenvalue weighted by molar-refractivity contribution is 5.15. The monoisotopic (exact) mass is 156 g/mol. The molecular weight excluding hydrogens is 140 g/mol. The van der Waals surface area contributed by atoms with Gasteiger partial charge in [-0.15, -0.1) is 0 Å². The Kier molecular flexibility index (Phi) is 2.94. The van der Waals surface area contributed by atoms with Gasteiger partial charge in [-0.2, -0.15) is 0 Å². The SMILES string of the molecule is CCCC1=C(O)CCCC1O. The van der Waals surface area contributed by atoms with E-state index in [-0.39, 0.29) is 6.10 Å². The van der Waals surface area contributed by atoms with Gasteiger partial charge < -0.3 is 10.2 Å². The molecule has 2 nitrogen and oxygen atoms in total. The molecule has 1 aliphatic carbocycles. The molecule has 0 fully saturated rings. The lowest BCUT2D eigenvalue weighted by atomic mass is 9.92. The van der Waals surface area contributed by atoms with E-state index in [2.05, 4.69) is 6.92 Å². The first kappa shape index (κ1) is 8.60. The molecule has 0 spiro atoms. The predicted molar refractivity (Wildman–Crippen MR) is 44.4 cm³/mol. The number of aliphatic hydroxyl groups excluding tert-OH is 2. The molecule has 0 aliphatic heterocycles. The third kappa shape index (κ3) is 1.96. The molecule has 1 aliphatic rings. The van der Waals surface area contributed by atoms with Crippen LogP contribution in [0.1, 0.15) is 39.0 Å². The molecule has 1 unspecified atom stereocenters. The van der Waals surface area contributed by atoms with Crippen LogP contribution in [0.15, 0.2) is 11.3 Å². The van der Waals surface area contributed by atoms with Gasteiger partial charge in [0.1, 0.15) is 0 Å². The smallest absolute Gasteiger partial charge is 0.0940 e. The van der Waals surface area contributed by atoms with Gasteiger partial charge in [-0.1, -0.05) is 13.3 Å². The minimum atomic E-state index is -0.372. The van der Waals surface area contributed by atoms with Crippen LogP contribution < -0.4 is 0 Å². The van der Waals surface area contributed by atoms with Crippen LogP contribution in [0.25, 0.3) is 0 Å². The number of rotatable bonds is 2. The largest absolute Gasteiger partial charge is 0.512 e. The topological polar surface area (TPSA) is 40.5 Å². The average Bonchev–Trinajstić information content (AvgIpc) is 1.97. The molecule has 0 radical (unpaired) electrons. The zero-order chi connectivity index (χ0) is 8.27. The van der Waals surface area contributed by atoms with Crippen LogP contribution in [-0.4, -0.2) is 16.3 Å². The number of allylic oxidation sites excluding steroid dienone is 1. The molecule has 1 atom stereocenters. The lowest BCUT2D eigenvalue weighted by molar-refractivity contribution is 0.168. The van der Waals surface area contributed by atoms with Crippen LogP contribution in [0, 0.1) is 0 Å². The summed E-state index contributed by atoms with van der Waals surface area (Å²) in [5.74, 6) is 0.436. The van der Waals surface area contributed by atoms with Gasteiger partial charge in [-0.3, -0.25) is 0 Å². The van der Waals surface area contributed by atoms with E-state index in [4.69, 9.17) is 0 Å². The van der Waals surface area contributed by atoms with Crippen molar-refractivity contribution in [2.24, 2.45) is 0 Å². The van der Waals surface area contributed by atoms with E-state index in [1.54, 1.807) is 0 Å². The Balaban J connectivity index is 2.66. The standard InChI is InChI=1S/C9H16O2/c1-2-4-7-8(10)5-3-6-9(7)11/h8,10-11H,2-6H2,1H3. The number of hydrogen-bond acceptors (Lipinski definition) is 2. The van der Waals surface area contributed by atoms with E-state index < -0.39 is 0 Å². The van der Waals surface area contributed by atoms with Crippen molar-refractivity contribution in [3.05, 3.63) is 11.3 Å². The summed E-state index contributed by atoms with van der Waals surface area (Å²) in [5, 5.41) is 18.8. The second-order valence-electron chi connectivity index (χ2n) is 3.13. The molecule has 0 aromatic heterocycles. The summed E-state index contributed by atoms with van der Waals surface area (Å²) in [6.45, 7) is 2.06. The van der Waals surface area contributed by atoms with Crippen molar-refractivity contribution in [2.75, 3.05) is 0 Å². The summed E-state index contributed by atoms with van der Waals surface area (Å²) >= 11 is 0. The Morgan fingerprint density at radius 3 is 2.82 bits per heavy atom. The van der Waals surface area contributed by atoms with Crippen LogP contribution in [0.5, 0.6) is 0 Å². The molecule has 64 valence electrons. The number of hydrogen-bond donors (Lipinski definition) is 2. The van der Waals surface area contributed by atoms with Gasteiger partial charge in [0.15, 0.2) is 0 Å². The van der Waals surface area contributed by atoms with E-state index in [1.165, 1.54) is 0 Å². The average molecular weight is 156 g/mol. The van der Waals surface area contributed by atoms with E-state index >= 15 is 0 Å². The molecule has 0 bridgehead atoms. The first-order valence-electron chi connectivity index (χ1n) is 4.34. The molecule has 2 heteroatoms. The maximum Gasteiger partial charge on any atom is 0.0940 e. The highest BCUT2D eigenvalue weighted by Crippen LogP contribution is 2.26. The minimum Gasteiger partial charge on any atom is -0.512 e. The van der Waals surface area contributed by atoms with Gasteiger partial charge in [0, 0.05) is 6.42 Å². The molecule has 11 heavy (non-hydrogen) atoms. The summed E-state index contributed by atoms with van der Waals surface area (Å²) in [6.07, 6.45) is 3.96. The molecule has 0 aromatic rings. The van der Waals surface area contributed by atoms with Crippen molar-refractivity contribution in [3.8, 4) is 0 Å². The summed E-state index contributed by atoms with van der Waals surface area (Å²) in [7, 11) is 0. The Morgan fingerprint density at radius 2 is 2.27 bits per heavy atom. The summed E-state index contributed by atoms with van der Waals surface area (Å²) in [5.41, 5.74) is 0.874. The lowest BCUT2D eigenvalue weighted by Crippen LogP contribution is -2.17.